The molecule has 172 valence electrons. The van der Waals surface area contributed by atoms with Crippen LogP contribution in [0.1, 0.15) is 31.2 Å². The van der Waals surface area contributed by atoms with Gasteiger partial charge >= 0.3 is 6.03 Å². The van der Waals surface area contributed by atoms with Crippen molar-refractivity contribution in [1.82, 2.24) is 15.5 Å². The van der Waals surface area contributed by atoms with Crippen molar-refractivity contribution >= 4 is 18.4 Å². The Labute approximate surface area is 181 Å². The number of urea groups is 1. The molecule has 3 rings (SSSR count). The number of morpholine rings is 1. The van der Waals surface area contributed by atoms with Crippen molar-refractivity contribution < 1.29 is 29.3 Å². The first-order valence-corrected chi connectivity index (χ1v) is 10.4. The number of hydrogen-bond donors (Lipinski definition) is 5. The minimum Gasteiger partial charge on any atom is -0.508 e. The van der Waals surface area contributed by atoms with Crippen molar-refractivity contribution in [3.63, 3.8) is 0 Å². The number of nitrogens with zero attached hydrogens (tertiary/aromatic N) is 1. The Hall–Kier alpha value is -2.85. The summed E-state index contributed by atoms with van der Waals surface area (Å²) in [5.74, 6) is -0.443. The number of carbonyl (C=O) groups is 3. The molecule has 31 heavy (non-hydrogen) atoms. The van der Waals surface area contributed by atoms with Gasteiger partial charge in [-0.25, -0.2) is 4.79 Å². The van der Waals surface area contributed by atoms with E-state index in [2.05, 4.69) is 15.5 Å². The van der Waals surface area contributed by atoms with Crippen LogP contribution in [0.15, 0.2) is 24.3 Å². The highest BCUT2D eigenvalue weighted by atomic mass is 16.5. The largest absolute Gasteiger partial charge is 0.508 e. The number of ether oxygens (including phenoxy) is 1. The van der Waals surface area contributed by atoms with Gasteiger partial charge in [-0.15, -0.1) is 0 Å². The number of amides is 3. The van der Waals surface area contributed by atoms with Gasteiger partial charge in [0.15, 0.2) is 0 Å². The first-order chi connectivity index (χ1) is 14.9. The van der Waals surface area contributed by atoms with E-state index in [1.165, 1.54) is 0 Å². The van der Waals surface area contributed by atoms with Crippen molar-refractivity contribution in [2.75, 3.05) is 32.8 Å². The Morgan fingerprint density at radius 3 is 2.32 bits per heavy atom. The van der Waals surface area contributed by atoms with Gasteiger partial charge in [0.25, 0.3) is 6.47 Å². The van der Waals surface area contributed by atoms with Gasteiger partial charge in [-0.05, 0) is 30.5 Å². The first-order valence-electron chi connectivity index (χ1n) is 10.4. The summed E-state index contributed by atoms with van der Waals surface area (Å²) < 4.78 is 5.46. The van der Waals surface area contributed by atoms with Crippen LogP contribution in [0.3, 0.4) is 0 Å². The summed E-state index contributed by atoms with van der Waals surface area (Å²) in [6.07, 6.45) is 4.70. The number of primary amides is 1. The number of aromatic hydroxyl groups is 1. The second-order valence-electron chi connectivity index (χ2n) is 7.79. The second-order valence-corrected chi connectivity index (χ2v) is 7.79. The number of hydrogen-bond acceptors (Lipinski definition) is 6. The number of phenolic OH excluding ortho intramolecular Hbond substituents is 1. The van der Waals surface area contributed by atoms with Crippen LogP contribution < -0.4 is 16.4 Å². The number of nitrogens with two attached hydrogens (primary N) is 1. The molecule has 1 aromatic rings. The molecule has 1 heterocycles. The molecule has 0 aromatic heterocycles. The molecule has 2 aliphatic rings. The fraction of sp³-hybridized carbons (Fsp3) is 0.571. The van der Waals surface area contributed by atoms with E-state index in [9.17, 15) is 14.7 Å². The average Bonchev–Trinajstić information content (AvgIpc) is 3.25. The summed E-state index contributed by atoms with van der Waals surface area (Å²) >= 11 is 0. The van der Waals surface area contributed by atoms with Crippen LogP contribution in [0.2, 0.25) is 0 Å². The van der Waals surface area contributed by atoms with E-state index in [0.29, 0.717) is 6.54 Å². The minimum absolute atomic E-state index is 0.0275. The number of carboxylic acid groups (broad SMARTS) is 1. The van der Waals surface area contributed by atoms with Crippen LogP contribution >= 0.6 is 0 Å². The van der Waals surface area contributed by atoms with Gasteiger partial charge < -0.3 is 31.3 Å². The third-order valence-electron chi connectivity index (χ3n) is 5.82. The van der Waals surface area contributed by atoms with Gasteiger partial charge in [0.2, 0.25) is 5.91 Å². The summed E-state index contributed by atoms with van der Waals surface area (Å²) in [5.41, 5.74) is 6.25. The average molecular weight is 437 g/mol. The van der Waals surface area contributed by atoms with Crippen molar-refractivity contribution in [2.45, 2.75) is 43.7 Å². The lowest BCUT2D eigenvalue weighted by atomic mass is 9.94. The lowest BCUT2D eigenvalue weighted by Crippen LogP contribution is -2.59. The predicted octanol–water partition coefficient (Wildman–Crippen LogP) is 0.434. The molecule has 0 bridgehead atoms. The molecule has 6 N–H and O–H groups in total. The van der Waals surface area contributed by atoms with E-state index in [1.54, 1.807) is 24.3 Å². The lowest BCUT2D eigenvalue weighted by molar-refractivity contribution is -0.123. The molecule has 3 amide bonds. The lowest BCUT2D eigenvalue weighted by Gasteiger charge is -2.43. The minimum atomic E-state index is -0.813. The van der Waals surface area contributed by atoms with Gasteiger partial charge in [0, 0.05) is 31.6 Å². The third-order valence-corrected chi connectivity index (χ3v) is 5.82. The molecule has 0 unspecified atom stereocenters. The molecule has 0 spiro atoms. The number of nitrogens with one attached hydrogen (secondary N) is 2. The Morgan fingerprint density at radius 2 is 1.77 bits per heavy atom. The zero-order chi connectivity index (χ0) is 22.7. The molecule has 0 radical (unpaired) electrons. The van der Waals surface area contributed by atoms with Crippen LogP contribution in [0, 0.1) is 0 Å². The third kappa shape index (κ3) is 7.41. The number of benzene rings is 1. The number of carbonyl (C=O) groups excluding carboxylic acids is 2. The molecule has 10 heteroatoms. The predicted molar refractivity (Wildman–Crippen MR) is 114 cm³/mol. The van der Waals surface area contributed by atoms with E-state index in [1.807, 2.05) is 0 Å². The standard InChI is InChI=1S/C20H30N4O4.CH2O2/c21-18(26)17(13-15-3-5-16(25)6-4-15)23-19(27)22-14-20(7-1-2-8-20)24-9-11-28-12-10-24;2-1-3/h3-6,17,25H,1-2,7-14H2,(H2,21,26)(H2,22,23,27);1H,(H,2,3)/t17-;/m0./s1. The highest BCUT2D eigenvalue weighted by Gasteiger charge is 2.40. The van der Waals surface area contributed by atoms with Crippen molar-refractivity contribution in [3.8, 4) is 5.75 Å². The Morgan fingerprint density at radius 1 is 1.19 bits per heavy atom. The van der Waals surface area contributed by atoms with Crippen LogP contribution in [-0.2, 0) is 20.7 Å². The van der Waals surface area contributed by atoms with E-state index >= 15 is 0 Å². The monoisotopic (exact) mass is 436 g/mol. The fourth-order valence-electron chi connectivity index (χ4n) is 4.22. The van der Waals surface area contributed by atoms with Crippen molar-refractivity contribution in [3.05, 3.63) is 29.8 Å². The Kier molecular flexibility index (Phi) is 9.54. The van der Waals surface area contributed by atoms with Crippen LogP contribution in [0.4, 0.5) is 4.79 Å². The zero-order valence-electron chi connectivity index (χ0n) is 17.6. The highest BCUT2D eigenvalue weighted by Crippen LogP contribution is 2.35. The Bertz CT molecular complexity index is 715. The maximum Gasteiger partial charge on any atom is 0.315 e. The molecule has 1 atom stereocenters. The quantitative estimate of drug-likeness (QED) is 0.388. The molecule has 1 saturated carbocycles. The van der Waals surface area contributed by atoms with E-state index in [-0.39, 0.29) is 30.2 Å². The molecule has 10 nitrogen and oxygen atoms in total. The second kappa shape index (κ2) is 12.1. The van der Waals surface area contributed by atoms with Gasteiger partial charge in [0.1, 0.15) is 11.8 Å². The smallest absolute Gasteiger partial charge is 0.315 e. The molecule has 1 aliphatic carbocycles. The molecule has 2 fully saturated rings. The molecule has 1 aromatic carbocycles. The van der Waals surface area contributed by atoms with Gasteiger partial charge in [-0.1, -0.05) is 25.0 Å². The first kappa shape index (κ1) is 24.4. The summed E-state index contributed by atoms with van der Waals surface area (Å²) in [6, 6.07) is 5.29. The van der Waals surface area contributed by atoms with E-state index < -0.39 is 11.9 Å². The van der Waals surface area contributed by atoms with Gasteiger partial charge in [-0.3, -0.25) is 14.5 Å². The maximum atomic E-state index is 12.5. The van der Waals surface area contributed by atoms with E-state index in [4.69, 9.17) is 20.4 Å². The summed E-state index contributed by atoms with van der Waals surface area (Å²) in [6.45, 7) is 3.51. The summed E-state index contributed by atoms with van der Waals surface area (Å²) in [7, 11) is 0. The number of phenols is 1. The zero-order valence-corrected chi connectivity index (χ0v) is 17.6. The number of rotatable bonds is 7. The summed E-state index contributed by atoms with van der Waals surface area (Å²) in [4.78, 5) is 35.1. The van der Waals surface area contributed by atoms with Crippen molar-refractivity contribution in [1.29, 1.82) is 0 Å². The molecular formula is C21H32N4O6. The van der Waals surface area contributed by atoms with Crippen LogP contribution in [0.25, 0.3) is 0 Å². The van der Waals surface area contributed by atoms with Crippen LogP contribution in [0.5, 0.6) is 5.75 Å². The topological polar surface area (TPSA) is 154 Å². The summed E-state index contributed by atoms with van der Waals surface area (Å²) in [5, 5.41) is 21.9. The Balaban J connectivity index is 0.00000107. The molecule has 1 saturated heterocycles. The maximum absolute atomic E-state index is 12.5. The van der Waals surface area contributed by atoms with Gasteiger partial charge in [-0.2, -0.15) is 0 Å². The highest BCUT2D eigenvalue weighted by molar-refractivity contribution is 5.86. The van der Waals surface area contributed by atoms with Crippen molar-refractivity contribution in [2.24, 2.45) is 5.73 Å². The van der Waals surface area contributed by atoms with Crippen LogP contribution in [-0.4, -0.2) is 78.0 Å². The van der Waals surface area contributed by atoms with Gasteiger partial charge in [0.05, 0.1) is 13.2 Å². The van der Waals surface area contributed by atoms with E-state index in [0.717, 1.165) is 57.6 Å². The SMILES string of the molecule is NC(=O)[C@H](Cc1ccc(O)cc1)NC(=O)NCC1(N2CCOCC2)CCCC1.O=CO. The molecule has 1 aliphatic heterocycles. The fourth-order valence-corrected chi connectivity index (χ4v) is 4.22. The molecular weight excluding hydrogens is 404 g/mol. The normalized spacial score (nSPS) is 18.8.